The lowest BCUT2D eigenvalue weighted by Crippen LogP contribution is -2.29. The van der Waals surface area contributed by atoms with Crippen molar-refractivity contribution in [2.24, 2.45) is 0 Å². The van der Waals surface area contributed by atoms with E-state index in [0.29, 0.717) is 11.1 Å². The van der Waals surface area contributed by atoms with E-state index in [2.05, 4.69) is 0 Å². The van der Waals surface area contributed by atoms with Crippen LogP contribution in [-0.4, -0.2) is 39.4 Å². The number of hydrogen-bond donors (Lipinski definition) is 1. The van der Waals surface area contributed by atoms with E-state index in [0.717, 1.165) is 16.7 Å². The molecule has 0 atom stereocenters. The standard InChI is InChI=1S/C11H9NO4S/c13-9(14)5-17-6-12-10(15)7-3-1-2-4-8(7)11(12)16/h1-4H,5-6H2,(H,13,14). The van der Waals surface area contributed by atoms with Crippen molar-refractivity contribution in [3.63, 3.8) is 0 Å². The molecule has 0 aliphatic carbocycles. The number of thioether (sulfide) groups is 1. The number of aliphatic carboxylic acids is 1. The minimum Gasteiger partial charge on any atom is -0.481 e. The maximum Gasteiger partial charge on any atom is 0.313 e. The molecule has 0 aromatic heterocycles. The summed E-state index contributed by atoms with van der Waals surface area (Å²) in [4.78, 5) is 35.1. The highest BCUT2D eigenvalue weighted by molar-refractivity contribution is 7.99. The third-order valence-electron chi connectivity index (χ3n) is 2.32. The summed E-state index contributed by atoms with van der Waals surface area (Å²) in [5.74, 6) is -1.75. The van der Waals surface area contributed by atoms with Gasteiger partial charge in [-0.25, -0.2) is 0 Å². The molecule has 1 heterocycles. The zero-order chi connectivity index (χ0) is 12.4. The van der Waals surface area contributed by atoms with Gasteiger partial charge in [0.15, 0.2) is 0 Å². The molecule has 0 bridgehead atoms. The van der Waals surface area contributed by atoms with E-state index in [4.69, 9.17) is 5.11 Å². The molecular weight excluding hydrogens is 242 g/mol. The van der Waals surface area contributed by atoms with Crippen LogP contribution in [0, 0.1) is 0 Å². The normalized spacial score (nSPS) is 14.0. The number of fused-ring (bicyclic) bond motifs is 1. The fourth-order valence-electron chi connectivity index (χ4n) is 1.58. The lowest BCUT2D eigenvalue weighted by molar-refractivity contribution is -0.133. The van der Waals surface area contributed by atoms with Crippen molar-refractivity contribution in [3.05, 3.63) is 35.4 Å². The van der Waals surface area contributed by atoms with Gasteiger partial charge in [0.05, 0.1) is 22.8 Å². The van der Waals surface area contributed by atoms with E-state index in [1.165, 1.54) is 0 Å². The van der Waals surface area contributed by atoms with Gasteiger partial charge in [0.25, 0.3) is 11.8 Å². The predicted octanol–water partition coefficient (Wildman–Crippen LogP) is 1.06. The Kier molecular flexibility index (Phi) is 3.14. The first-order chi connectivity index (χ1) is 8.11. The Balaban J connectivity index is 2.11. The van der Waals surface area contributed by atoms with E-state index in [1.807, 2.05) is 0 Å². The first-order valence-corrected chi connectivity index (χ1v) is 6.01. The molecule has 2 rings (SSSR count). The number of amides is 2. The van der Waals surface area contributed by atoms with Gasteiger partial charge in [0.1, 0.15) is 0 Å². The summed E-state index contributed by atoms with van der Waals surface area (Å²) in [7, 11) is 0. The monoisotopic (exact) mass is 251 g/mol. The molecule has 1 aromatic carbocycles. The van der Waals surface area contributed by atoms with E-state index in [9.17, 15) is 14.4 Å². The Labute approximate surface area is 101 Å². The molecule has 1 aliphatic heterocycles. The molecule has 0 unspecified atom stereocenters. The molecule has 17 heavy (non-hydrogen) atoms. The highest BCUT2D eigenvalue weighted by Crippen LogP contribution is 2.23. The molecule has 0 fully saturated rings. The van der Waals surface area contributed by atoms with Crippen LogP contribution in [0.5, 0.6) is 0 Å². The van der Waals surface area contributed by atoms with Crippen LogP contribution < -0.4 is 0 Å². The van der Waals surface area contributed by atoms with Gasteiger partial charge in [0, 0.05) is 0 Å². The number of carboxylic acid groups (broad SMARTS) is 1. The Morgan fingerprint density at radius 3 is 2.18 bits per heavy atom. The number of carbonyl (C=O) groups excluding carboxylic acids is 2. The minimum atomic E-state index is -0.966. The summed E-state index contributed by atoms with van der Waals surface area (Å²) < 4.78 is 0. The zero-order valence-electron chi connectivity index (χ0n) is 8.75. The summed E-state index contributed by atoms with van der Waals surface area (Å²) in [6, 6.07) is 6.57. The zero-order valence-corrected chi connectivity index (χ0v) is 9.57. The third kappa shape index (κ3) is 2.16. The Bertz CT molecular complexity index is 465. The number of hydrogen-bond acceptors (Lipinski definition) is 4. The SMILES string of the molecule is O=C(O)CSCN1C(=O)c2ccccc2C1=O. The van der Waals surface area contributed by atoms with Crippen molar-refractivity contribution in [3.8, 4) is 0 Å². The van der Waals surface area contributed by atoms with Crippen LogP contribution in [0.15, 0.2) is 24.3 Å². The Hall–Kier alpha value is -1.82. The fourth-order valence-corrected chi connectivity index (χ4v) is 2.26. The van der Waals surface area contributed by atoms with Gasteiger partial charge in [0.2, 0.25) is 0 Å². The summed E-state index contributed by atoms with van der Waals surface area (Å²) in [5, 5.41) is 8.48. The highest BCUT2D eigenvalue weighted by atomic mass is 32.2. The summed E-state index contributed by atoms with van der Waals surface area (Å²) in [6.45, 7) is 0. The Morgan fingerprint density at radius 2 is 1.71 bits per heavy atom. The maximum atomic E-state index is 11.8. The average molecular weight is 251 g/mol. The fraction of sp³-hybridized carbons (Fsp3) is 0.182. The smallest absolute Gasteiger partial charge is 0.313 e. The molecule has 0 spiro atoms. The molecule has 1 N–H and O–H groups in total. The van der Waals surface area contributed by atoms with Crippen LogP contribution in [0.1, 0.15) is 20.7 Å². The highest BCUT2D eigenvalue weighted by Gasteiger charge is 2.34. The third-order valence-corrected chi connectivity index (χ3v) is 3.22. The van der Waals surface area contributed by atoms with Crippen LogP contribution in [0.4, 0.5) is 0 Å². The van der Waals surface area contributed by atoms with E-state index in [-0.39, 0.29) is 23.4 Å². The van der Waals surface area contributed by atoms with Crippen LogP contribution in [-0.2, 0) is 4.79 Å². The lowest BCUT2D eigenvalue weighted by atomic mass is 10.1. The molecule has 0 saturated heterocycles. The van der Waals surface area contributed by atoms with E-state index < -0.39 is 5.97 Å². The average Bonchev–Trinajstić information content (AvgIpc) is 2.54. The molecule has 1 aromatic rings. The first kappa shape index (κ1) is 11.7. The summed E-state index contributed by atoms with van der Waals surface area (Å²) in [5.41, 5.74) is 0.766. The van der Waals surface area contributed by atoms with Gasteiger partial charge in [-0.2, -0.15) is 0 Å². The van der Waals surface area contributed by atoms with Crippen LogP contribution in [0.3, 0.4) is 0 Å². The number of nitrogens with zero attached hydrogens (tertiary/aromatic N) is 1. The summed E-state index contributed by atoms with van der Waals surface area (Å²) >= 11 is 1.02. The van der Waals surface area contributed by atoms with Crippen molar-refractivity contribution in [2.75, 3.05) is 11.6 Å². The lowest BCUT2D eigenvalue weighted by Gasteiger charge is -2.11. The second kappa shape index (κ2) is 4.58. The van der Waals surface area contributed by atoms with Crippen molar-refractivity contribution in [1.82, 2.24) is 4.90 Å². The van der Waals surface area contributed by atoms with Crippen LogP contribution in [0.25, 0.3) is 0 Å². The van der Waals surface area contributed by atoms with Gasteiger partial charge in [-0.1, -0.05) is 12.1 Å². The summed E-state index contributed by atoms with van der Waals surface area (Å²) in [6.07, 6.45) is 0. The number of imide groups is 1. The van der Waals surface area contributed by atoms with Crippen molar-refractivity contribution in [2.45, 2.75) is 0 Å². The predicted molar refractivity (Wildman–Crippen MR) is 61.9 cm³/mol. The van der Waals surface area contributed by atoms with Gasteiger partial charge < -0.3 is 5.11 Å². The van der Waals surface area contributed by atoms with Gasteiger partial charge >= 0.3 is 5.97 Å². The quantitative estimate of drug-likeness (QED) is 0.810. The molecule has 2 amide bonds. The molecule has 6 heteroatoms. The number of rotatable bonds is 4. The molecule has 5 nitrogen and oxygen atoms in total. The second-order valence-corrected chi connectivity index (χ2v) is 4.41. The van der Waals surface area contributed by atoms with Gasteiger partial charge in [-0.3, -0.25) is 19.3 Å². The largest absolute Gasteiger partial charge is 0.481 e. The number of carboxylic acids is 1. The number of benzene rings is 1. The topological polar surface area (TPSA) is 74.7 Å². The second-order valence-electron chi connectivity index (χ2n) is 3.46. The molecular formula is C11H9NO4S. The first-order valence-electron chi connectivity index (χ1n) is 4.86. The van der Waals surface area contributed by atoms with E-state index in [1.54, 1.807) is 24.3 Å². The van der Waals surface area contributed by atoms with Crippen LogP contribution in [0.2, 0.25) is 0 Å². The number of carbonyl (C=O) groups is 3. The minimum absolute atomic E-state index is 0.0681. The van der Waals surface area contributed by atoms with Crippen LogP contribution >= 0.6 is 11.8 Å². The molecule has 88 valence electrons. The maximum absolute atomic E-state index is 11.8. The van der Waals surface area contributed by atoms with Gasteiger partial charge in [-0.15, -0.1) is 11.8 Å². The molecule has 1 aliphatic rings. The Morgan fingerprint density at radius 1 is 1.18 bits per heavy atom. The molecule has 0 radical (unpaired) electrons. The molecule has 0 saturated carbocycles. The van der Waals surface area contributed by atoms with Crippen molar-refractivity contribution < 1.29 is 19.5 Å². The van der Waals surface area contributed by atoms with Gasteiger partial charge in [-0.05, 0) is 12.1 Å². The van der Waals surface area contributed by atoms with Crippen molar-refractivity contribution >= 4 is 29.5 Å². The van der Waals surface area contributed by atoms with Crippen molar-refractivity contribution in [1.29, 1.82) is 0 Å². The van der Waals surface area contributed by atoms with E-state index >= 15 is 0 Å².